The molecule has 0 radical (unpaired) electrons. The van der Waals surface area contributed by atoms with Gasteiger partial charge < -0.3 is 24.8 Å². The number of anilines is 3. The van der Waals surface area contributed by atoms with E-state index >= 15 is 0 Å². The van der Waals surface area contributed by atoms with Gasteiger partial charge in [-0.15, -0.1) is 0 Å². The van der Waals surface area contributed by atoms with Crippen LogP contribution in [0.15, 0.2) is 36.4 Å². The van der Waals surface area contributed by atoms with Crippen molar-refractivity contribution in [2.24, 2.45) is 0 Å². The molecule has 10 nitrogen and oxygen atoms in total. The van der Waals surface area contributed by atoms with Crippen molar-refractivity contribution in [3.8, 4) is 5.95 Å². The summed E-state index contributed by atoms with van der Waals surface area (Å²) < 4.78 is 35.3. The number of para-hydroxylation sites is 2. The van der Waals surface area contributed by atoms with Gasteiger partial charge in [0.05, 0.1) is 29.9 Å². The fraction of sp³-hybridized carbons (Fsp3) is 0.467. The molecule has 1 N–H and O–H groups in total. The normalized spacial score (nSPS) is 16.7. The van der Waals surface area contributed by atoms with Crippen molar-refractivity contribution in [1.29, 1.82) is 0 Å². The van der Waals surface area contributed by atoms with Gasteiger partial charge in [-0.3, -0.25) is 4.57 Å². The second kappa shape index (κ2) is 11.7. The Bertz CT molecular complexity index is 1530. The first-order chi connectivity index (χ1) is 20.3. The maximum absolute atomic E-state index is 14.2. The Labute approximate surface area is 244 Å². The zero-order valence-corrected chi connectivity index (χ0v) is 24.1. The summed E-state index contributed by atoms with van der Waals surface area (Å²) in [5, 5.41) is 3.49. The van der Waals surface area contributed by atoms with Gasteiger partial charge in [0, 0.05) is 44.8 Å². The Morgan fingerprint density at radius 2 is 1.67 bits per heavy atom. The number of nitrogens with one attached hydrogen (secondary N) is 1. The van der Waals surface area contributed by atoms with Crippen molar-refractivity contribution in [1.82, 2.24) is 29.4 Å². The monoisotopic (exact) mass is 575 g/mol. The number of fused-ring (bicyclic) bond motifs is 1. The first-order valence-electron chi connectivity index (χ1n) is 14.2. The van der Waals surface area contributed by atoms with E-state index in [4.69, 9.17) is 9.72 Å². The molecule has 0 amide bonds. The summed E-state index contributed by atoms with van der Waals surface area (Å²) in [6.07, 6.45) is -2.16. The average Bonchev–Trinajstić information content (AvgIpc) is 3.38. The summed E-state index contributed by atoms with van der Waals surface area (Å²) in [6.45, 7) is 10.2. The fourth-order valence-corrected chi connectivity index (χ4v) is 5.51. The van der Waals surface area contributed by atoms with E-state index in [1.807, 2.05) is 11.0 Å². The summed E-state index contributed by atoms with van der Waals surface area (Å²) in [7, 11) is 2.14. The summed E-state index contributed by atoms with van der Waals surface area (Å²) in [5.41, 5.74) is 2.64. The largest absolute Gasteiger partial charge is 0.378 e. The standard InChI is InChI=1S/C30H35F2N9O/c1-30(2,20-21-8-4-6-10-23(21)39-14-12-38(3)13-15-39)37-27-34-28(40-16-18-42-19-17-40)36-29(35-27)41-24-11-7-5-9-22(24)33-26(41)25(31)32/h4-5,7-9,11,25H,12-20H2,1-3H3,(H,34,35,36,37). The van der Waals surface area contributed by atoms with Gasteiger partial charge in [-0.25, -0.2) is 13.8 Å². The van der Waals surface area contributed by atoms with Crippen LogP contribution in [0.1, 0.15) is 31.7 Å². The lowest BCUT2D eigenvalue weighted by atomic mass is 9.94. The molecule has 0 bridgehead atoms. The van der Waals surface area contributed by atoms with Crippen LogP contribution in [0, 0.1) is 12.1 Å². The highest BCUT2D eigenvalue weighted by Gasteiger charge is 2.28. The highest BCUT2D eigenvalue weighted by atomic mass is 19.3. The molecule has 2 saturated heterocycles. The molecule has 0 aliphatic carbocycles. The van der Waals surface area contributed by atoms with Crippen molar-refractivity contribution in [3.63, 3.8) is 0 Å². The molecule has 2 aliphatic rings. The molecule has 4 aromatic rings. The summed E-state index contributed by atoms with van der Waals surface area (Å²) in [4.78, 5) is 25.0. The Balaban J connectivity index is 1.36. The van der Waals surface area contributed by atoms with Crippen LogP contribution >= 0.6 is 0 Å². The maximum atomic E-state index is 14.2. The van der Waals surface area contributed by atoms with Crippen LogP contribution in [0.5, 0.6) is 0 Å². The SMILES string of the molecule is CN1CCN(c2c#cccc2CC(C)(C)Nc2nc(N3CCOCC3)nc(-n3c(C(F)F)nc4ccccc43)n2)CC1. The number of rotatable bonds is 8. The molecule has 42 heavy (non-hydrogen) atoms. The Kier molecular flexibility index (Phi) is 7.79. The van der Waals surface area contributed by atoms with E-state index in [1.54, 1.807) is 24.3 Å². The third kappa shape index (κ3) is 5.93. The number of morpholine rings is 1. The van der Waals surface area contributed by atoms with Crippen LogP contribution in [0.4, 0.5) is 26.4 Å². The maximum Gasteiger partial charge on any atom is 0.296 e. The molecular weight excluding hydrogens is 540 g/mol. The van der Waals surface area contributed by atoms with Gasteiger partial charge >= 0.3 is 0 Å². The molecule has 12 heteroatoms. The van der Waals surface area contributed by atoms with E-state index in [1.165, 1.54) is 4.57 Å². The van der Waals surface area contributed by atoms with Gasteiger partial charge in [0.1, 0.15) is 0 Å². The lowest BCUT2D eigenvalue weighted by Gasteiger charge is -2.35. The van der Waals surface area contributed by atoms with Gasteiger partial charge in [0.15, 0.2) is 5.82 Å². The van der Waals surface area contributed by atoms with Crippen LogP contribution in [0.25, 0.3) is 17.0 Å². The smallest absolute Gasteiger partial charge is 0.296 e. The predicted octanol–water partition coefficient (Wildman–Crippen LogP) is 3.77. The third-order valence-corrected chi connectivity index (χ3v) is 7.65. The van der Waals surface area contributed by atoms with Crippen LogP contribution < -0.4 is 15.1 Å². The number of nitrogens with zero attached hydrogens (tertiary/aromatic N) is 8. The average molecular weight is 576 g/mol. The molecule has 2 aromatic heterocycles. The van der Waals surface area contributed by atoms with Crippen molar-refractivity contribution in [2.45, 2.75) is 32.2 Å². The van der Waals surface area contributed by atoms with Gasteiger partial charge in [0.25, 0.3) is 6.43 Å². The number of alkyl halides is 2. The van der Waals surface area contributed by atoms with E-state index in [9.17, 15) is 8.78 Å². The molecule has 2 fully saturated rings. The highest BCUT2D eigenvalue weighted by molar-refractivity contribution is 5.77. The second-order valence-electron chi connectivity index (χ2n) is 11.4. The minimum atomic E-state index is -2.81. The van der Waals surface area contributed by atoms with Crippen molar-refractivity contribution in [3.05, 3.63) is 59.9 Å². The number of hydrogen-bond acceptors (Lipinski definition) is 9. The lowest BCUT2D eigenvalue weighted by molar-refractivity contribution is 0.122. The number of imidazole rings is 1. The van der Waals surface area contributed by atoms with E-state index in [2.05, 4.69) is 69.2 Å². The number of piperazine rings is 1. The predicted molar refractivity (Wildman–Crippen MR) is 158 cm³/mol. The summed E-state index contributed by atoms with van der Waals surface area (Å²) in [5.74, 6) is 0.389. The Hall–Kier alpha value is -4.08. The van der Waals surface area contributed by atoms with Gasteiger partial charge in [-0.1, -0.05) is 18.2 Å². The van der Waals surface area contributed by atoms with Crippen LogP contribution in [0.3, 0.4) is 0 Å². The first kappa shape index (κ1) is 28.1. The zero-order chi connectivity index (χ0) is 29.3. The van der Waals surface area contributed by atoms with Crippen molar-refractivity contribution < 1.29 is 13.5 Å². The molecular formula is C30H35F2N9O. The van der Waals surface area contributed by atoms with Crippen LogP contribution in [-0.2, 0) is 11.2 Å². The van der Waals surface area contributed by atoms with E-state index in [0.717, 1.165) is 37.4 Å². The van der Waals surface area contributed by atoms with E-state index in [0.29, 0.717) is 55.7 Å². The van der Waals surface area contributed by atoms with Crippen LogP contribution in [-0.4, -0.2) is 94.5 Å². The molecule has 6 rings (SSSR count). The molecule has 0 atom stereocenters. The minimum Gasteiger partial charge on any atom is -0.378 e. The molecule has 0 spiro atoms. The van der Waals surface area contributed by atoms with Crippen LogP contribution in [0.2, 0.25) is 0 Å². The number of halogens is 2. The topological polar surface area (TPSA) is 87.5 Å². The Morgan fingerprint density at radius 1 is 0.929 bits per heavy atom. The zero-order valence-electron chi connectivity index (χ0n) is 24.1. The lowest BCUT2D eigenvalue weighted by Crippen LogP contribution is -2.45. The number of hydrogen-bond donors (Lipinski definition) is 1. The summed E-state index contributed by atoms with van der Waals surface area (Å²) in [6, 6.07) is 17.4. The fourth-order valence-electron chi connectivity index (χ4n) is 5.51. The number of benzene rings is 1. The molecule has 2 aromatic carbocycles. The van der Waals surface area contributed by atoms with Crippen molar-refractivity contribution >= 4 is 28.6 Å². The second-order valence-corrected chi connectivity index (χ2v) is 11.4. The van der Waals surface area contributed by atoms with Gasteiger partial charge in [0.2, 0.25) is 17.8 Å². The molecule has 4 heterocycles. The molecule has 0 unspecified atom stereocenters. The van der Waals surface area contributed by atoms with Gasteiger partial charge in [-0.05, 0) is 63.2 Å². The molecule has 220 valence electrons. The van der Waals surface area contributed by atoms with Gasteiger partial charge in [-0.2, -0.15) is 15.0 Å². The Morgan fingerprint density at radius 3 is 2.43 bits per heavy atom. The van der Waals surface area contributed by atoms with Crippen molar-refractivity contribution in [2.75, 3.05) is 74.6 Å². The molecule has 0 saturated carbocycles. The summed E-state index contributed by atoms with van der Waals surface area (Å²) >= 11 is 0. The first-order valence-corrected chi connectivity index (χ1v) is 14.2. The number of aromatic nitrogens is 5. The van der Waals surface area contributed by atoms with E-state index in [-0.39, 0.29) is 5.95 Å². The van der Waals surface area contributed by atoms with E-state index < -0.39 is 17.8 Å². The highest BCUT2D eigenvalue weighted by Crippen LogP contribution is 2.29. The number of ether oxygens (including phenoxy) is 1. The number of likely N-dealkylation sites (N-methyl/N-ethyl adjacent to an activating group) is 1. The minimum absolute atomic E-state index is 0.0922. The quantitative estimate of drug-likeness (QED) is 0.337. The molecule has 2 aliphatic heterocycles. The third-order valence-electron chi connectivity index (χ3n) is 7.65.